The summed E-state index contributed by atoms with van der Waals surface area (Å²) < 4.78 is 10.2. The SMILES string of the molecule is CCC(C)COC(=O)C=CCCC(=O)OCC(C)CC. The molecule has 0 heterocycles. The number of carbonyl (C=O) groups is 2. The first-order valence-electron chi connectivity index (χ1n) is 7.48. The molecular formula is C16H28O4. The highest BCUT2D eigenvalue weighted by Crippen LogP contribution is 2.04. The molecule has 2 atom stereocenters. The highest BCUT2D eigenvalue weighted by Gasteiger charge is 2.05. The summed E-state index contributed by atoms with van der Waals surface area (Å²) in [7, 11) is 0. The molecule has 0 aliphatic heterocycles. The monoisotopic (exact) mass is 284 g/mol. The van der Waals surface area contributed by atoms with Gasteiger partial charge in [0.25, 0.3) is 0 Å². The number of esters is 2. The molecule has 0 bridgehead atoms. The molecule has 0 radical (unpaired) electrons. The number of carbonyl (C=O) groups excluding carboxylic acids is 2. The molecule has 0 aromatic carbocycles. The van der Waals surface area contributed by atoms with E-state index in [1.807, 2.05) is 13.8 Å². The molecular weight excluding hydrogens is 256 g/mol. The van der Waals surface area contributed by atoms with Gasteiger partial charge in [0, 0.05) is 12.5 Å². The molecule has 4 heteroatoms. The number of ether oxygens (including phenoxy) is 2. The third kappa shape index (κ3) is 10.6. The van der Waals surface area contributed by atoms with Gasteiger partial charge in [-0.25, -0.2) is 4.79 Å². The summed E-state index contributed by atoms with van der Waals surface area (Å²) in [6.45, 7) is 9.10. The molecule has 0 aliphatic rings. The number of rotatable bonds is 10. The van der Waals surface area contributed by atoms with E-state index >= 15 is 0 Å². The largest absolute Gasteiger partial charge is 0.465 e. The summed E-state index contributed by atoms with van der Waals surface area (Å²) >= 11 is 0. The fourth-order valence-electron chi connectivity index (χ4n) is 1.20. The summed E-state index contributed by atoms with van der Waals surface area (Å²) in [6.07, 6.45) is 5.81. The van der Waals surface area contributed by atoms with Crippen LogP contribution in [0.2, 0.25) is 0 Å². The third-order valence-electron chi connectivity index (χ3n) is 3.20. The van der Waals surface area contributed by atoms with Gasteiger partial charge >= 0.3 is 11.9 Å². The van der Waals surface area contributed by atoms with Crippen molar-refractivity contribution in [1.29, 1.82) is 0 Å². The zero-order valence-electron chi connectivity index (χ0n) is 13.2. The van der Waals surface area contributed by atoms with Crippen molar-refractivity contribution in [1.82, 2.24) is 0 Å². The Hall–Kier alpha value is -1.32. The molecule has 0 amide bonds. The molecule has 0 rings (SSSR count). The molecule has 0 aliphatic carbocycles. The first kappa shape index (κ1) is 18.7. The first-order chi connectivity index (χ1) is 9.49. The molecule has 0 fully saturated rings. The molecule has 0 aromatic rings. The van der Waals surface area contributed by atoms with E-state index in [1.54, 1.807) is 6.08 Å². The third-order valence-corrected chi connectivity index (χ3v) is 3.20. The molecule has 0 saturated carbocycles. The standard InChI is InChI=1S/C16H28O4/c1-5-13(3)11-19-15(17)9-7-8-10-16(18)20-12-14(4)6-2/h7,9,13-14H,5-6,8,10-12H2,1-4H3. The Labute approximate surface area is 122 Å². The topological polar surface area (TPSA) is 52.6 Å². The Kier molecular flexibility index (Phi) is 10.7. The second kappa shape index (κ2) is 11.5. The molecule has 20 heavy (non-hydrogen) atoms. The maximum absolute atomic E-state index is 11.4. The van der Waals surface area contributed by atoms with E-state index in [0.717, 1.165) is 12.8 Å². The van der Waals surface area contributed by atoms with Gasteiger partial charge in [-0.1, -0.05) is 46.6 Å². The summed E-state index contributed by atoms with van der Waals surface area (Å²) in [5.74, 6) is 0.203. The van der Waals surface area contributed by atoms with E-state index in [1.165, 1.54) is 6.08 Å². The van der Waals surface area contributed by atoms with Crippen LogP contribution in [0, 0.1) is 11.8 Å². The average Bonchev–Trinajstić information content (AvgIpc) is 2.46. The van der Waals surface area contributed by atoms with E-state index < -0.39 is 0 Å². The normalized spacial score (nSPS) is 14.0. The maximum atomic E-state index is 11.4. The Balaban J connectivity index is 3.69. The Morgan fingerprint density at radius 1 is 1.00 bits per heavy atom. The van der Waals surface area contributed by atoms with Crippen LogP contribution in [0.25, 0.3) is 0 Å². The van der Waals surface area contributed by atoms with Crippen LogP contribution in [0.3, 0.4) is 0 Å². The van der Waals surface area contributed by atoms with Crippen LogP contribution in [-0.4, -0.2) is 25.2 Å². The van der Waals surface area contributed by atoms with E-state index in [9.17, 15) is 9.59 Å². The maximum Gasteiger partial charge on any atom is 0.330 e. The van der Waals surface area contributed by atoms with E-state index in [-0.39, 0.29) is 11.9 Å². The quantitative estimate of drug-likeness (QED) is 0.455. The first-order valence-corrected chi connectivity index (χ1v) is 7.48. The lowest BCUT2D eigenvalue weighted by Gasteiger charge is -2.08. The Morgan fingerprint density at radius 3 is 2.10 bits per heavy atom. The molecule has 0 N–H and O–H groups in total. The highest BCUT2D eigenvalue weighted by atomic mass is 16.5. The fraction of sp³-hybridized carbons (Fsp3) is 0.750. The van der Waals surface area contributed by atoms with E-state index in [0.29, 0.717) is 37.9 Å². The van der Waals surface area contributed by atoms with Gasteiger partial charge in [-0.2, -0.15) is 0 Å². The second-order valence-corrected chi connectivity index (χ2v) is 5.28. The predicted molar refractivity (Wildman–Crippen MR) is 79.2 cm³/mol. The summed E-state index contributed by atoms with van der Waals surface area (Å²) in [5, 5.41) is 0. The molecule has 2 unspecified atom stereocenters. The number of allylic oxidation sites excluding steroid dienone is 1. The summed E-state index contributed by atoms with van der Waals surface area (Å²) in [5.41, 5.74) is 0. The van der Waals surface area contributed by atoms with Crippen molar-refractivity contribution in [2.24, 2.45) is 11.8 Å². The van der Waals surface area contributed by atoms with Gasteiger partial charge in [-0.15, -0.1) is 0 Å². The second-order valence-electron chi connectivity index (χ2n) is 5.28. The van der Waals surface area contributed by atoms with Gasteiger partial charge in [0.2, 0.25) is 0 Å². The summed E-state index contributed by atoms with van der Waals surface area (Å²) in [6, 6.07) is 0. The minimum atomic E-state index is -0.349. The Morgan fingerprint density at radius 2 is 1.55 bits per heavy atom. The van der Waals surface area contributed by atoms with Crippen LogP contribution >= 0.6 is 0 Å². The van der Waals surface area contributed by atoms with E-state index in [2.05, 4.69) is 13.8 Å². The van der Waals surface area contributed by atoms with Crippen molar-refractivity contribution in [3.05, 3.63) is 12.2 Å². The van der Waals surface area contributed by atoms with Gasteiger partial charge in [-0.05, 0) is 18.3 Å². The van der Waals surface area contributed by atoms with Gasteiger partial charge in [0.05, 0.1) is 13.2 Å². The number of hydrogen-bond acceptors (Lipinski definition) is 4. The van der Waals surface area contributed by atoms with Crippen LogP contribution in [-0.2, 0) is 19.1 Å². The average molecular weight is 284 g/mol. The van der Waals surface area contributed by atoms with Crippen LogP contribution in [0.5, 0.6) is 0 Å². The zero-order valence-corrected chi connectivity index (χ0v) is 13.2. The van der Waals surface area contributed by atoms with Crippen molar-refractivity contribution in [2.75, 3.05) is 13.2 Å². The van der Waals surface area contributed by atoms with Gasteiger partial charge < -0.3 is 9.47 Å². The lowest BCUT2D eigenvalue weighted by atomic mass is 10.1. The van der Waals surface area contributed by atoms with Crippen molar-refractivity contribution in [2.45, 2.75) is 53.4 Å². The molecule has 0 spiro atoms. The highest BCUT2D eigenvalue weighted by molar-refractivity contribution is 5.82. The minimum Gasteiger partial charge on any atom is -0.465 e. The van der Waals surface area contributed by atoms with E-state index in [4.69, 9.17) is 9.47 Å². The van der Waals surface area contributed by atoms with Gasteiger partial charge in [-0.3, -0.25) is 4.79 Å². The Bertz CT molecular complexity index is 310. The predicted octanol–water partition coefficient (Wildman–Crippen LogP) is 3.50. The van der Waals surface area contributed by atoms with Crippen molar-refractivity contribution < 1.29 is 19.1 Å². The van der Waals surface area contributed by atoms with Gasteiger partial charge in [0.1, 0.15) is 0 Å². The molecule has 0 saturated heterocycles. The number of hydrogen-bond donors (Lipinski definition) is 0. The van der Waals surface area contributed by atoms with Gasteiger partial charge in [0.15, 0.2) is 0 Å². The lowest BCUT2D eigenvalue weighted by molar-refractivity contribution is -0.145. The van der Waals surface area contributed by atoms with Crippen LogP contribution in [0.4, 0.5) is 0 Å². The zero-order chi connectivity index (χ0) is 15.4. The van der Waals surface area contributed by atoms with Crippen LogP contribution < -0.4 is 0 Å². The fourth-order valence-corrected chi connectivity index (χ4v) is 1.20. The molecule has 0 aromatic heterocycles. The van der Waals surface area contributed by atoms with Crippen molar-refractivity contribution in [3.8, 4) is 0 Å². The van der Waals surface area contributed by atoms with Crippen molar-refractivity contribution >= 4 is 11.9 Å². The lowest BCUT2D eigenvalue weighted by Crippen LogP contribution is -2.11. The molecule has 4 nitrogen and oxygen atoms in total. The van der Waals surface area contributed by atoms with Crippen molar-refractivity contribution in [3.63, 3.8) is 0 Å². The summed E-state index contributed by atoms with van der Waals surface area (Å²) in [4.78, 5) is 22.7. The molecule has 116 valence electrons. The minimum absolute atomic E-state index is 0.220. The van der Waals surface area contributed by atoms with Crippen LogP contribution in [0.1, 0.15) is 53.4 Å². The van der Waals surface area contributed by atoms with Crippen LogP contribution in [0.15, 0.2) is 12.2 Å². The smallest absolute Gasteiger partial charge is 0.330 e.